The molecule has 2 aliphatic rings. The van der Waals surface area contributed by atoms with Crippen LogP contribution in [0, 0.1) is 0 Å². The maximum Gasteiger partial charge on any atom is 0.191 e. The van der Waals surface area contributed by atoms with Crippen LogP contribution in [-0.4, -0.2) is 57.3 Å². The first-order valence-corrected chi connectivity index (χ1v) is 11.1. The molecule has 0 radical (unpaired) electrons. The van der Waals surface area contributed by atoms with Crippen molar-refractivity contribution in [1.82, 2.24) is 4.90 Å². The number of hydrogen-bond donors (Lipinski definition) is 0. The molecule has 0 aliphatic carbocycles. The van der Waals surface area contributed by atoms with E-state index in [0.717, 1.165) is 37.4 Å². The second-order valence-corrected chi connectivity index (χ2v) is 8.12. The summed E-state index contributed by atoms with van der Waals surface area (Å²) in [6.07, 6.45) is -0.282. The Morgan fingerprint density at radius 1 is 0.935 bits per heavy atom. The minimum atomic E-state index is -0.282. The van der Waals surface area contributed by atoms with Crippen molar-refractivity contribution in [2.24, 2.45) is 0 Å². The number of benzene rings is 3. The Kier molecular flexibility index (Phi) is 6.18. The van der Waals surface area contributed by atoms with Crippen molar-refractivity contribution >= 4 is 10.8 Å². The molecule has 0 saturated carbocycles. The van der Waals surface area contributed by atoms with E-state index in [0.29, 0.717) is 25.9 Å². The van der Waals surface area contributed by atoms with Gasteiger partial charge in [0.2, 0.25) is 0 Å². The fourth-order valence-corrected chi connectivity index (χ4v) is 4.39. The van der Waals surface area contributed by atoms with Crippen molar-refractivity contribution in [1.29, 1.82) is 0 Å². The summed E-state index contributed by atoms with van der Waals surface area (Å²) in [6, 6.07) is 22.0. The van der Waals surface area contributed by atoms with Crippen molar-refractivity contribution in [3.63, 3.8) is 0 Å². The van der Waals surface area contributed by atoms with Gasteiger partial charge in [-0.25, -0.2) is 0 Å². The molecule has 0 aromatic heterocycles. The molecule has 0 spiro atoms. The van der Waals surface area contributed by atoms with E-state index >= 15 is 0 Å². The predicted octanol–water partition coefficient (Wildman–Crippen LogP) is 4.65. The lowest BCUT2D eigenvalue weighted by molar-refractivity contribution is -0.0683. The van der Waals surface area contributed by atoms with Crippen molar-refractivity contribution < 1.29 is 18.9 Å². The molecule has 31 heavy (non-hydrogen) atoms. The second-order valence-electron chi connectivity index (χ2n) is 8.12. The molecule has 2 heterocycles. The smallest absolute Gasteiger partial charge is 0.191 e. The molecule has 2 aliphatic heterocycles. The Morgan fingerprint density at radius 2 is 1.68 bits per heavy atom. The molecule has 0 amide bonds. The van der Waals surface area contributed by atoms with E-state index in [1.807, 2.05) is 0 Å². The van der Waals surface area contributed by atoms with E-state index in [4.69, 9.17) is 18.9 Å². The van der Waals surface area contributed by atoms with E-state index < -0.39 is 0 Å². The van der Waals surface area contributed by atoms with Gasteiger partial charge < -0.3 is 18.9 Å². The lowest BCUT2D eigenvalue weighted by Crippen LogP contribution is -2.37. The Hall–Kier alpha value is -2.44. The monoisotopic (exact) mass is 419 g/mol. The van der Waals surface area contributed by atoms with Gasteiger partial charge in [0.15, 0.2) is 6.29 Å². The zero-order valence-corrected chi connectivity index (χ0v) is 18.0. The third-order valence-electron chi connectivity index (χ3n) is 6.21. The van der Waals surface area contributed by atoms with Gasteiger partial charge in [-0.15, -0.1) is 0 Å². The largest absolute Gasteiger partial charge is 0.488 e. The van der Waals surface area contributed by atoms with Gasteiger partial charge in [-0.3, -0.25) is 4.90 Å². The van der Waals surface area contributed by atoms with Gasteiger partial charge >= 0.3 is 0 Å². The first-order chi connectivity index (χ1) is 15.3. The molecule has 2 fully saturated rings. The van der Waals surface area contributed by atoms with Crippen LogP contribution in [0.4, 0.5) is 0 Å². The second kappa shape index (κ2) is 9.37. The number of ether oxygens (including phenoxy) is 4. The zero-order chi connectivity index (χ0) is 21.0. The Labute approximate surface area is 183 Å². The Balaban J connectivity index is 1.41. The molecular weight excluding hydrogens is 390 g/mol. The Bertz CT molecular complexity index is 1010. The van der Waals surface area contributed by atoms with E-state index in [1.165, 1.54) is 22.1 Å². The van der Waals surface area contributed by atoms with Gasteiger partial charge in [0, 0.05) is 19.1 Å². The van der Waals surface area contributed by atoms with Crippen molar-refractivity contribution in [2.45, 2.75) is 19.3 Å². The number of nitrogens with zero attached hydrogens (tertiary/aromatic N) is 1. The van der Waals surface area contributed by atoms with Gasteiger partial charge in [-0.2, -0.15) is 0 Å². The maximum atomic E-state index is 6.03. The lowest BCUT2D eigenvalue weighted by atomic mass is 9.96. The fourth-order valence-electron chi connectivity index (χ4n) is 4.39. The SMILES string of the molecule is CC(c1ccc(-c2cc(OCC3OCCO3)cc3ccccc23)cc1)N1CCOCC1. The standard InChI is InChI=1S/C26H29NO4/c1-19(27-10-12-28-13-11-27)20-6-8-21(9-7-20)25-17-23(31-18-26-29-14-15-30-26)16-22-4-2-3-5-24(22)25/h2-9,16-17,19,26H,10-15,18H2,1H3. The third-order valence-corrected chi connectivity index (χ3v) is 6.21. The molecule has 5 rings (SSSR count). The topological polar surface area (TPSA) is 40.2 Å². The minimum absolute atomic E-state index is 0.282. The van der Waals surface area contributed by atoms with Crippen LogP contribution in [0.25, 0.3) is 21.9 Å². The maximum absolute atomic E-state index is 6.03. The number of hydrogen-bond acceptors (Lipinski definition) is 5. The normalized spacial score (nSPS) is 19.0. The van der Waals surface area contributed by atoms with Crippen LogP contribution in [0.5, 0.6) is 5.75 Å². The number of morpholine rings is 1. The molecule has 2 saturated heterocycles. The highest BCUT2D eigenvalue weighted by atomic mass is 16.7. The molecule has 0 N–H and O–H groups in total. The average molecular weight is 420 g/mol. The molecule has 1 unspecified atom stereocenters. The molecule has 3 aromatic rings. The molecule has 1 atom stereocenters. The van der Waals surface area contributed by atoms with E-state index in [9.17, 15) is 0 Å². The average Bonchev–Trinajstić information content (AvgIpc) is 3.36. The third kappa shape index (κ3) is 4.60. The highest BCUT2D eigenvalue weighted by Crippen LogP contribution is 2.34. The Morgan fingerprint density at radius 3 is 2.45 bits per heavy atom. The summed E-state index contributed by atoms with van der Waals surface area (Å²) < 4.78 is 22.5. The van der Waals surface area contributed by atoms with Gasteiger partial charge in [0.1, 0.15) is 12.4 Å². The quantitative estimate of drug-likeness (QED) is 0.582. The van der Waals surface area contributed by atoms with Crippen LogP contribution in [0.1, 0.15) is 18.5 Å². The zero-order valence-electron chi connectivity index (χ0n) is 18.0. The molecule has 3 aromatic carbocycles. The van der Waals surface area contributed by atoms with Gasteiger partial charge in [-0.1, -0.05) is 48.5 Å². The first kappa shape index (κ1) is 20.5. The van der Waals surface area contributed by atoms with Crippen LogP contribution < -0.4 is 4.74 Å². The minimum Gasteiger partial charge on any atom is -0.488 e. The van der Waals surface area contributed by atoms with Gasteiger partial charge in [0.05, 0.1) is 26.4 Å². The lowest BCUT2D eigenvalue weighted by Gasteiger charge is -2.32. The highest BCUT2D eigenvalue weighted by Gasteiger charge is 2.19. The fraction of sp³-hybridized carbons (Fsp3) is 0.385. The molecule has 162 valence electrons. The summed E-state index contributed by atoms with van der Waals surface area (Å²) in [4.78, 5) is 2.48. The first-order valence-electron chi connectivity index (χ1n) is 11.1. The van der Waals surface area contributed by atoms with Crippen LogP contribution in [0.2, 0.25) is 0 Å². The summed E-state index contributed by atoms with van der Waals surface area (Å²) in [7, 11) is 0. The van der Waals surface area contributed by atoms with Crippen molar-refractivity contribution in [2.75, 3.05) is 46.1 Å². The number of fused-ring (bicyclic) bond motifs is 1. The van der Waals surface area contributed by atoms with Crippen molar-refractivity contribution in [3.8, 4) is 16.9 Å². The molecule has 0 bridgehead atoms. The van der Waals surface area contributed by atoms with Crippen LogP contribution >= 0.6 is 0 Å². The van der Waals surface area contributed by atoms with Crippen molar-refractivity contribution in [3.05, 3.63) is 66.2 Å². The number of rotatable bonds is 6. The molecule has 5 heteroatoms. The summed E-state index contributed by atoms with van der Waals surface area (Å²) in [6.45, 7) is 7.54. The molecule has 5 nitrogen and oxygen atoms in total. The van der Waals surface area contributed by atoms with Crippen LogP contribution in [-0.2, 0) is 14.2 Å². The van der Waals surface area contributed by atoms with E-state index in [1.54, 1.807) is 0 Å². The van der Waals surface area contributed by atoms with E-state index in [2.05, 4.69) is 72.5 Å². The summed E-state index contributed by atoms with van der Waals surface area (Å²) in [5, 5.41) is 2.38. The van der Waals surface area contributed by atoms with E-state index in [-0.39, 0.29) is 6.29 Å². The van der Waals surface area contributed by atoms with Gasteiger partial charge in [-0.05, 0) is 46.5 Å². The predicted molar refractivity (Wildman–Crippen MR) is 121 cm³/mol. The summed E-state index contributed by atoms with van der Waals surface area (Å²) >= 11 is 0. The van der Waals surface area contributed by atoms with Crippen LogP contribution in [0.15, 0.2) is 60.7 Å². The highest BCUT2D eigenvalue weighted by molar-refractivity contribution is 5.97. The van der Waals surface area contributed by atoms with Crippen LogP contribution in [0.3, 0.4) is 0 Å². The van der Waals surface area contributed by atoms with Gasteiger partial charge in [0.25, 0.3) is 0 Å². The summed E-state index contributed by atoms with van der Waals surface area (Å²) in [5.74, 6) is 0.832. The molecular formula is C26H29NO4. The summed E-state index contributed by atoms with van der Waals surface area (Å²) in [5.41, 5.74) is 3.69.